The lowest BCUT2D eigenvalue weighted by atomic mass is 9.59. The normalized spacial score (nSPS) is 21.8. The molecule has 1 spiro atoms. The van der Waals surface area contributed by atoms with Crippen molar-refractivity contribution in [2.45, 2.75) is 23.8 Å². The minimum atomic E-state index is -1.66. The molecule has 0 bridgehead atoms. The predicted molar refractivity (Wildman–Crippen MR) is 142 cm³/mol. The van der Waals surface area contributed by atoms with Crippen LogP contribution in [0.3, 0.4) is 0 Å². The molecule has 3 amide bonds. The Bertz CT molecular complexity index is 1520. The Morgan fingerprint density at radius 1 is 1.03 bits per heavy atom. The van der Waals surface area contributed by atoms with E-state index in [9.17, 15) is 18.8 Å². The highest BCUT2D eigenvalue weighted by atomic mass is 35.5. The molecule has 0 aliphatic carbocycles. The summed E-state index contributed by atoms with van der Waals surface area (Å²) >= 11 is 12.6. The number of hydrogen-bond acceptors (Lipinski definition) is 4. The van der Waals surface area contributed by atoms with Gasteiger partial charge in [0.05, 0.1) is 6.04 Å². The van der Waals surface area contributed by atoms with Crippen molar-refractivity contribution in [3.8, 4) is 5.75 Å². The van der Waals surface area contributed by atoms with Crippen LogP contribution in [0.25, 0.3) is 0 Å². The number of rotatable bonds is 5. The molecule has 2 N–H and O–H groups in total. The minimum Gasteiger partial charge on any atom is -0.483 e. The van der Waals surface area contributed by atoms with Gasteiger partial charge in [0.2, 0.25) is 11.8 Å². The summed E-state index contributed by atoms with van der Waals surface area (Å²) in [7, 11) is 3.16. The molecule has 3 atom stereocenters. The standard InChI is InChI=1S/C28H23Cl2F2N3O4/c1-35(2)25(37)13-39-23-8-4-14(29)9-17(23)20-12-24(36)34-26(18-11-16(31)5-7-21(18)32)28(20)19-6-3-15(30)10-22(19)33-27(28)38/h3-11,20,26H,12-13H2,1-2H3,(H,33,38)(H,34,36)/t20-,26+,28?/m1/s1. The SMILES string of the molecule is CN(C)C(=O)COc1ccc(Cl)cc1[C@H]1CC(=O)N[C@@H](c2cc(F)ccc2F)C12C(=O)Nc1cc(Cl)ccc12. The van der Waals surface area contributed by atoms with Crippen LogP contribution < -0.4 is 15.4 Å². The van der Waals surface area contributed by atoms with E-state index in [1.807, 2.05) is 0 Å². The van der Waals surface area contributed by atoms with Crippen molar-refractivity contribution < 1.29 is 27.9 Å². The van der Waals surface area contributed by atoms with Crippen molar-refractivity contribution >= 4 is 46.6 Å². The summed E-state index contributed by atoms with van der Waals surface area (Å²) in [6.07, 6.45) is -0.207. The first-order valence-corrected chi connectivity index (χ1v) is 12.8. The lowest BCUT2D eigenvalue weighted by Crippen LogP contribution is -2.57. The summed E-state index contributed by atoms with van der Waals surface area (Å²) in [5, 5.41) is 6.21. The highest BCUT2D eigenvalue weighted by molar-refractivity contribution is 6.31. The van der Waals surface area contributed by atoms with Gasteiger partial charge in [0.15, 0.2) is 6.61 Å². The number of carbonyl (C=O) groups excluding carboxylic acids is 3. The second kappa shape index (κ2) is 10.1. The fourth-order valence-electron chi connectivity index (χ4n) is 5.45. The maximum absolute atomic E-state index is 15.3. The largest absolute Gasteiger partial charge is 0.483 e. The number of carbonyl (C=O) groups is 3. The number of ether oxygens (including phenoxy) is 1. The van der Waals surface area contributed by atoms with Gasteiger partial charge in [0, 0.05) is 53.3 Å². The Morgan fingerprint density at radius 2 is 1.74 bits per heavy atom. The van der Waals surface area contributed by atoms with Crippen LogP contribution in [0.1, 0.15) is 35.1 Å². The summed E-state index contributed by atoms with van der Waals surface area (Å²) in [5.74, 6) is -3.62. The van der Waals surface area contributed by atoms with Crippen molar-refractivity contribution in [3.05, 3.63) is 93.0 Å². The molecule has 3 aromatic rings. The first-order chi connectivity index (χ1) is 18.5. The van der Waals surface area contributed by atoms with Gasteiger partial charge in [0.1, 0.15) is 22.8 Å². The van der Waals surface area contributed by atoms with Crippen LogP contribution in [0, 0.1) is 11.6 Å². The molecule has 1 fully saturated rings. The third-order valence-corrected chi connectivity index (χ3v) is 7.69. The second-order valence-corrected chi connectivity index (χ2v) is 10.6. The van der Waals surface area contributed by atoms with Crippen molar-refractivity contribution in [2.75, 3.05) is 26.0 Å². The van der Waals surface area contributed by atoms with Gasteiger partial charge in [-0.1, -0.05) is 29.3 Å². The Balaban J connectivity index is 1.77. The van der Waals surface area contributed by atoms with E-state index in [1.165, 1.54) is 4.90 Å². The van der Waals surface area contributed by atoms with Crippen molar-refractivity contribution in [3.63, 3.8) is 0 Å². The number of halogens is 4. The van der Waals surface area contributed by atoms with Gasteiger partial charge in [0.25, 0.3) is 5.91 Å². The first-order valence-electron chi connectivity index (χ1n) is 12.0. The van der Waals surface area contributed by atoms with E-state index >= 15 is 4.39 Å². The average Bonchev–Trinajstić information content (AvgIpc) is 3.16. The molecule has 5 rings (SSSR count). The van der Waals surface area contributed by atoms with Gasteiger partial charge < -0.3 is 20.3 Å². The van der Waals surface area contributed by atoms with E-state index in [1.54, 1.807) is 50.5 Å². The van der Waals surface area contributed by atoms with Crippen LogP contribution >= 0.6 is 23.2 Å². The number of piperidine rings is 1. The molecule has 7 nitrogen and oxygen atoms in total. The van der Waals surface area contributed by atoms with Gasteiger partial charge in [-0.25, -0.2) is 8.78 Å². The summed E-state index contributed by atoms with van der Waals surface area (Å²) in [6.45, 7) is -0.312. The van der Waals surface area contributed by atoms with Gasteiger partial charge in [-0.15, -0.1) is 0 Å². The molecule has 0 saturated carbocycles. The van der Waals surface area contributed by atoms with Crippen LogP contribution in [-0.4, -0.2) is 43.3 Å². The summed E-state index contributed by atoms with van der Waals surface area (Å²) in [6, 6.07) is 11.0. The molecule has 0 radical (unpaired) electrons. The number of hydrogen-bond donors (Lipinski definition) is 2. The minimum absolute atomic E-state index is 0.196. The van der Waals surface area contributed by atoms with E-state index in [-0.39, 0.29) is 30.2 Å². The first kappa shape index (κ1) is 26.9. The lowest BCUT2D eigenvalue weighted by Gasteiger charge is -2.46. The Morgan fingerprint density at radius 3 is 2.49 bits per heavy atom. The number of nitrogens with zero attached hydrogens (tertiary/aromatic N) is 1. The number of nitrogens with one attached hydrogen (secondary N) is 2. The van der Waals surface area contributed by atoms with Crippen LogP contribution in [-0.2, 0) is 19.8 Å². The fourth-order valence-corrected chi connectivity index (χ4v) is 5.80. The zero-order chi connectivity index (χ0) is 28.1. The smallest absolute Gasteiger partial charge is 0.259 e. The molecule has 11 heteroatoms. The van der Waals surface area contributed by atoms with Gasteiger partial charge in [-0.05, 0) is 54.1 Å². The molecule has 202 valence electrons. The number of likely N-dealkylation sites (N-methyl/N-ethyl adjacent to an activating group) is 1. The van der Waals surface area contributed by atoms with E-state index < -0.39 is 40.8 Å². The number of fused-ring (bicyclic) bond motifs is 2. The quantitative estimate of drug-likeness (QED) is 0.451. The Hall–Kier alpha value is -3.69. The Kier molecular flexibility index (Phi) is 6.99. The van der Waals surface area contributed by atoms with E-state index in [0.29, 0.717) is 26.9 Å². The molecule has 39 heavy (non-hydrogen) atoms. The van der Waals surface area contributed by atoms with Crippen LogP contribution in [0.4, 0.5) is 14.5 Å². The molecule has 1 saturated heterocycles. The van der Waals surface area contributed by atoms with Crippen molar-refractivity contribution in [1.82, 2.24) is 10.2 Å². The van der Waals surface area contributed by atoms with Gasteiger partial charge >= 0.3 is 0 Å². The molecular weight excluding hydrogens is 551 g/mol. The monoisotopic (exact) mass is 573 g/mol. The highest BCUT2D eigenvalue weighted by Gasteiger charge is 2.62. The second-order valence-electron chi connectivity index (χ2n) is 9.70. The third kappa shape index (κ3) is 4.59. The lowest BCUT2D eigenvalue weighted by molar-refractivity contribution is -0.132. The highest BCUT2D eigenvalue weighted by Crippen LogP contribution is 2.59. The maximum atomic E-state index is 15.3. The number of anilines is 1. The van der Waals surface area contributed by atoms with Crippen molar-refractivity contribution in [1.29, 1.82) is 0 Å². The fraction of sp³-hybridized carbons (Fsp3) is 0.250. The van der Waals surface area contributed by atoms with Gasteiger partial charge in [-0.2, -0.15) is 0 Å². The van der Waals surface area contributed by atoms with Gasteiger partial charge in [-0.3, -0.25) is 14.4 Å². The molecule has 2 aliphatic rings. The molecule has 2 heterocycles. The zero-order valence-corrected chi connectivity index (χ0v) is 22.4. The zero-order valence-electron chi connectivity index (χ0n) is 20.9. The van der Waals surface area contributed by atoms with Crippen LogP contribution in [0.5, 0.6) is 5.75 Å². The molecule has 2 aliphatic heterocycles. The number of benzene rings is 3. The van der Waals surface area contributed by atoms with Crippen molar-refractivity contribution in [2.24, 2.45) is 0 Å². The molecule has 3 aromatic carbocycles. The predicted octanol–water partition coefficient (Wildman–Crippen LogP) is 4.97. The van der Waals surface area contributed by atoms with E-state index in [4.69, 9.17) is 27.9 Å². The summed E-state index contributed by atoms with van der Waals surface area (Å²) in [4.78, 5) is 40.9. The van der Waals surface area contributed by atoms with Crippen LogP contribution in [0.2, 0.25) is 10.0 Å². The summed E-state index contributed by atoms with van der Waals surface area (Å²) < 4.78 is 35.6. The topological polar surface area (TPSA) is 87.7 Å². The average molecular weight is 574 g/mol. The van der Waals surface area contributed by atoms with E-state index in [0.717, 1.165) is 18.2 Å². The number of amides is 3. The Labute approximate surface area is 233 Å². The van der Waals surface area contributed by atoms with Crippen LogP contribution in [0.15, 0.2) is 54.6 Å². The molecule has 0 aromatic heterocycles. The molecular formula is C28H23Cl2F2N3O4. The third-order valence-electron chi connectivity index (χ3n) is 7.22. The molecule has 1 unspecified atom stereocenters. The maximum Gasteiger partial charge on any atom is 0.259 e. The van der Waals surface area contributed by atoms with E-state index in [2.05, 4.69) is 10.6 Å². The summed E-state index contributed by atoms with van der Waals surface area (Å²) in [5.41, 5.74) is -0.674.